The number of rotatable bonds is 2. The van der Waals surface area contributed by atoms with E-state index in [4.69, 9.17) is 42.8 Å². The summed E-state index contributed by atoms with van der Waals surface area (Å²) in [5, 5.41) is 0.128. The van der Waals surface area contributed by atoms with E-state index in [2.05, 4.69) is 9.97 Å². The van der Waals surface area contributed by atoms with Gasteiger partial charge in [-0.05, 0) is 12.1 Å². The number of fused-ring (bicyclic) bond motifs is 1. The van der Waals surface area contributed by atoms with Gasteiger partial charge in [0.15, 0.2) is 10.9 Å². The lowest BCUT2D eigenvalue weighted by atomic mass is 10.3. The molecule has 2 aromatic rings. The predicted molar refractivity (Wildman–Crippen MR) is 72.9 cm³/mol. The summed E-state index contributed by atoms with van der Waals surface area (Å²) in [6.45, 7) is 0. The van der Waals surface area contributed by atoms with Crippen molar-refractivity contribution in [1.29, 1.82) is 0 Å². The van der Waals surface area contributed by atoms with Crippen LogP contribution in [0.3, 0.4) is 0 Å². The molecule has 0 amide bonds. The van der Waals surface area contributed by atoms with E-state index in [-0.39, 0.29) is 21.1 Å². The summed E-state index contributed by atoms with van der Waals surface area (Å²) in [7, 11) is -10.1. The van der Waals surface area contributed by atoms with Crippen LogP contribution in [0.5, 0.6) is 0 Å². The molecule has 0 saturated heterocycles. The summed E-state index contributed by atoms with van der Waals surface area (Å²) in [4.78, 5) is 43.6. The van der Waals surface area contributed by atoms with Crippen molar-refractivity contribution in [1.82, 2.24) is 9.97 Å². The van der Waals surface area contributed by atoms with Gasteiger partial charge in [-0.3, -0.25) is 9.13 Å². The van der Waals surface area contributed by atoms with Crippen molar-refractivity contribution in [3.05, 3.63) is 22.2 Å². The Hall–Kier alpha value is -0.560. The fraction of sp³-hybridized carbons (Fsp3) is 0. The summed E-state index contributed by atoms with van der Waals surface area (Å²) in [6.07, 6.45) is 0. The highest BCUT2D eigenvalue weighted by atomic mass is 35.5. The minimum Gasteiger partial charge on any atom is -0.320 e. The van der Waals surface area contributed by atoms with E-state index in [0.29, 0.717) is 0 Å². The van der Waals surface area contributed by atoms with Gasteiger partial charge in [-0.25, -0.2) is 9.97 Å². The first-order chi connectivity index (χ1) is 9.00. The lowest BCUT2D eigenvalue weighted by molar-refractivity contribution is 0.379. The van der Waals surface area contributed by atoms with E-state index >= 15 is 0 Å². The molecule has 1 aromatic carbocycles. The Labute approximate surface area is 121 Å². The molecule has 20 heavy (non-hydrogen) atoms. The molecule has 0 atom stereocenters. The van der Waals surface area contributed by atoms with Crippen molar-refractivity contribution in [2.75, 3.05) is 0 Å². The van der Waals surface area contributed by atoms with Crippen LogP contribution in [-0.2, 0) is 9.13 Å². The second-order valence-corrected chi connectivity index (χ2v) is 7.55. The average molecular weight is 359 g/mol. The van der Waals surface area contributed by atoms with E-state index in [1.54, 1.807) is 0 Å². The van der Waals surface area contributed by atoms with Crippen LogP contribution in [0.4, 0.5) is 0 Å². The average Bonchev–Trinajstić information content (AvgIpc) is 2.26. The Kier molecular flexibility index (Phi) is 3.97. The molecule has 0 spiro atoms. The van der Waals surface area contributed by atoms with Gasteiger partial charge in [0, 0.05) is 0 Å². The summed E-state index contributed by atoms with van der Waals surface area (Å²) >= 11 is 11.5. The largest absolute Gasteiger partial charge is 0.377 e. The number of aromatic nitrogens is 2. The van der Waals surface area contributed by atoms with Gasteiger partial charge in [0.2, 0.25) is 0 Å². The molecule has 1 heterocycles. The molecule has 0 radical (unpaired) electrons. The number of hydrogen-bond acceptors (Lipinski definition) is 4. The van der Waals surface area contributed by atoms with Crippen molar-refractivity contribution in [3.63, 3.8) is 0 Å². The summed E-state index contributed by atoms with van der Waals surface area (Å²) in [5.74, 6) is 0. The number of nitrogens with zero attached hydrogens (tertiary/aromatic N) is 2. The van der Waals surface area contributed by atoms with Gasteiger partial charge in [0.1, 0.15) is 0 Å². The zero-order chi connectivity index (χ0) is 15.3. The molecule has 0 fully saturated rings. The van der Waals surface area contributed by atoms with E-state index in [0.717, 1.165) is 0 Å². The SMILES string of the molecule is O=P(O)(O)c1nc2cc(Cl)c(Cl)cc2nc1P(=O)(O)O. The smallest absolute Gasteiger partial charge is 0.320 e. The first kappa shape index (κ1) is 15.8. The minimum atomic E-state index is -5.03. The zero-order valence-electron chi connectivity index (χ0n) is 9.30. The van der Waals surface area contributed by atoms with Gasteiger partial charge < -0.3 is 19.6 Å². The molecule has 8 nitrogen and oxygen atoms in total. The Morgan fingerprint density at radius 1 is 0.800 bits per heavy atom. The molecule has 12 heteroatoms. The molecule has 0 aliphatic heterocycles. The van der Waals surface area contributed by atoms with Crippen LogP contribution in [0.1, 0.15) is 0 Å². The van der Waals surface area contributed by atoms with Crippen LogP contribution in [0.15, 0.2) is 12.1 Å². The highest BCUT2D eigenvalue weighted by Crippen LogP contribution is 2.39. The summed E-state index contributed by atoms with van der Waals surface area (Å²) in [6, 6.07) is 2.38. The topological polar surface area (TPSA) is 141 Å². The van der Waals surface area contributed by atoms with Gasteiger partial charge in [0.05, 0.1) is 21.1 Å². The van der Waals surface area contributed by atoms with Crippen molar-refractivity contribution in [3.8, 4) is 0 Å². The molecule has 1 aromatic heterocycles. The molecule has 2 rings (SSSR count). The monoisotopic (exact) mass is 358 g/mol. The lowest BCUT2D eigenvalue weighted by Gasteiger charge is -2.12. The fourth-order valence-electron chi connectivity index (χ4n) is 1.42. The Bertz CT molecular complexity index is 735. The highest BCUT2D eigenvalue weighted by Gasteiger charge is 2.35. The maximum atomic E-state index is 11.3. The quantitative estimate of drug-likeness (QED) is 0.570. The number of hydrogen-bond donors (Lipinski definition) is 4. The Morgan fingerprint density at radius 3 is 1.35 bits per heavy atom. The third-order valence-corrected chi connectivity index (χ3v) is 4.85. The lowest BCUT2D eigenvalue weighted by Crippen LogP contribution is -2.31. The second kappa shape index (κ2) is 5.02. The van der Waals surface area contributed by atoms with Gasteiger partial charge in [-0.1, -0.05) is 23.2 Å². The van der Waals surface area contributed by atoms with Crippen LogP contribution >= 0.6 is 38.4 Å². The van der Waals surface area contributed by atoms with Crippen LogP contribution in [0, 0.1) is 0 Å². The van der Waals surface area contributed by atoms with Crippen LogP contribution in [0.2, 0.25) is 10.0 Å². The van der Waals surface area contributed by atoms with E-state index in [9.17, 15) is 9.13 Å². The predicted octanol–water partition coefficient (Wildman–Crippen LogP) is 0.543. The molecule has 0 aliphatic rings. The molecule has 0 unspecified atom stereocenters. The van der Waals surface area contributed by atoms with Crippen molar-refractivity contribution < 1.29 is 28.7 Å². The standard InChI is InChI=1S/C8H6Cl2N2O6P2/c9-3-1-5-6(2-4(3)10)12-8(20(16,17)18)7(11-5)19(13,14)15/h1-2H,(H2,13,14,15)(H2,16,17,18). The van der Waals surface area contributed by atoms with E-state index in [1.807, 2.05) is 0 Å². The third-order valence-electron chi connectivity index (χ3n) is 2.22. The number of benzene rings is 1. The minimum absolute atomic E-state index is 0.0464. The molecular formula is C8H6Cl2N2O6P2. The Morgan fingerprint density at radius 2 is 1.10 bits per heavy atom. The van der Waals surface area contributed by atoms with Crippen molar-refractivity contribution in [2.24, 2.45) is 0 Å². The van der Waals surface area contributed by atoms with Crippen LogP contribution in [0.25, 0.3) is 11.0 Å². The van der Waals surface area contributed by atoms with Gasteiger partial charge in [0.25, 0.3) is 0 Å². The molecular weight excluding hydrogens is 353 g/mol. The molecule has 0 aliphatic carbocycles. The van der Waals surface area contributed by atoms with Crippen molar-refractivity contribution in [2.45, 2.75) is 0 Å². The zero-order valence-corrected chi connectivity index (χ0v) is 12.6. The van der Waals surface area contributed by atoms with Crippen LogP contribution < -0.4 is 10.9 Å². The van der Waals surface area contributed by atoms with Crippen molar-refractivity contribution >= 4 is 60.3 Å². The summed E-state index contributed by atoms with van der Waals surface area (Å²) < 4.78 is 22.6. The molecule has 108 valence electrons. The normalized spacial score (nSPS) is 12.9. The third kappa shape index (κ3) is 3.03. The maximum absolute atomic E-state index is 11.3. The van der Waals surface area contributed by atoms with Gasteiger partial charge >= 0.3 is 15.2 Å². The van der Waals surface area contributed by atoms with E-state index < -0.39 is 26.1 Å². The molecule has 0 bridgehead atoms. The van der Waals surface area contributed by atoms with E-state index in [1.165, 1.54) is 12.1 Å². The first-order valence-corrected chi connectivity index (χ1v) is 8.77. The molecule has 0 saturated carbocycles. The molecule has 4 N–H and O–H groups in total. The highest BCUT2D eigenvalue weighted by molar-refractivity contribution is 7.66. The van der Waals surface area contributed by atoms with Gasteiger partial charge in [-0.15, -0.1) is 0 Å². The Balaban J connectivity index is 2.93. The van der Waals surface area contributed by atoms with Crippen LogP contribution in [-0.4, -0.2) is 29.5 Å². The van der Waals surface area contributed by atoms with Gasteiger partial charge in [-0.2, -0.15) is 0 Å². The number of halogens is 2. The first-order valence-electron chi connectivity index (χ1n) is 4.79. The second-order valence-electron chi connectivity index (χ2n) is 3.71. The fourth-order valence-corrected chi connectivity index (χ4v) is 3.62. The summed E-state index contributed by atoms with van der Waals surface area (Å²) in [5.41, 5.74) is -2.27. The maximum Gasteiger partial charge on any atom is 0.377 e.